The van der Waals surface area contributed by atoms with Gasteiger partial charge in [0.05, 0.1) is 0 Å². The van der Waals surface area contributed by atoms with Gasteiger partial charge in [-0.15, -0.1) is 0 Å². The van der Waals surface area contributed by atoms with Crippen LogP contribution in [0.3, 0.4) is 0 Å². The van der Waals surface area contributed by atoms with Crippen LogP contribution in [0.5, 0.6) is 0 Å². The Bertz CT molecular complexity index is 408. The number of nitrogens with one attached hydrogen (secondary N) is 1. The molecule has 1 saturated carbocycles. The van der Waals surface area contributed by atoms with Gasteiger partial charge in [-0.2, -0.15) is 0 Å². The summed E-state index contributed by atoms with van der Waals surface area (Å²) in [6.45, 7) is 2.62. The maximum Gasteiger partial charge on any atom is 0.287 e. The highest BCUT2D eigenvalue weighted by molar-refractivity contribution is 9.10. The number of halogens is 1. The Morgan fingerprint density at radius 3 is 2.83 bits per heavy atom. The van der Waals surface area contributed by atoms with E-state index in [9.17, 15) is 4.79 Å². The second kappa shape index (κ2) is 6.41. The van der Waals surface area contributed by atoms with Gasteiger partial charge in [0.15, 0.2) is 10.4 Å². The minimum absolute atomic E-state index is 0.107. The number of furan rings is 1. The van der Waals surface area contributed by atoms with Gasteiger partial charge in [-0.1, -0.05) is 25.7 Å². The molecule has 18 heavy (non-hydrogen) atoms. The van der Waals surface area contributed by atoms with Crippen LogP contribution in [0.1, 0.15) is 54.6 Å². The second-order valence-electron chi connectivity index (χ2n) is 5.11. The van der Waals surface area contributed by atoms with Gasteiger partial charge < -0.3 is 9.73 Å². The van der Waals surface area contributed by atoms with Crippen molar-refractivity contribution in [1.29, 1.82) is 0 Å². The molecule has 0 saturated heterocycles. The molecule has 0 unspecified atom stereocenters. The number of rotatable bonds is 5. The van der Waals surface area contributed by atoms with E-state index in [1.54, 1.807) is 0 Å². The largest absolute Gasteiger partial charge is 0.444 e. The summed E-state index contributed by atoms with van der Waals surface area (Å²) in [5, 5.41) is 2.92. The Morgan fingerprint density at radius 2 is 2.22 bits per heavy atom. The van der Waals surface area contributed by atoms with E-state index >= 15 is 0 Å². The van der Waals surface area contributed by atoms with Gasteiger partial charge >= 0.3 is 0 Å². The minimum atomic E-state index is -0.107. The van der Waals surface area contributed by atoms with Gasteiger partial charge in [-0.05, 0) is 47.7 Å². The summed E-state index contributed by atoms with van der Waals surface area (Å²) in [5.74, 6) is 1.20. The predicted octanol–water partition coefficient (Wildman–Crippen LogP) is 4.05. The lowest BCUT2D eigenvalue weighted by molar-refractivity contribution is 0.0922. The summed E-state index contributed by atoms with van der Waals surface area (Å²) in [7, 11) is 0. The molecule has 1 heterocycles. The van der Waals surface area contributed by atoms with Gasteiger partial charge in [-0.25, -0.2) is 0 Å². The van der Waals surface area contributed by atoms with E-state index in [1.165, 1.54) is 32.1 Å². The fraction of sp³-hybridized carbons (Fsp3) is 0.643. The fourth-order valence-electron chi connectivity index (χ4n) is 2.64. The molecule has 0 aliphatic heterocycles. The molecule has 1 aromatic heterocycles. The third kappa shape index (κ3) is 3.61. The highest BCUT2D eigenvalue weighted by Crippen LogP contribution is 2.28. The predicted molar refractivity (Wildman–Crippen MR) is 74.7 cm³/mol. The summed E-state index contributed by atoms with van der Waals surface area (Å²) in [6, 6.07) is 1.81. The van der Waals surface area contributed by atoms with Crippen LogP contribution in [0.25, 0.3) is 0 Å². The standard InChI is InChI=1S/C14H20BrNO2/c1-10-9-12(15)18-13(10)14(17)16-8-4-7-11-5-2-3-6-11/h9,11H,2-8H2,1H3,(H,16,17). The maximum absolute atomic E-state index is 11.8. The van der Waals surface area contributed by atoms with Crippen molar-refractivity contribution in [3.05, 3.63) is 22.1 Å². The van der Waals surface area contributed by atoms with Crippen LogP contribution >= 0.6 is 15.9 Å². The lowest BCUT2D eigenvalue weighted by atomic mass is 10.0. The first kappa shape index (κ1) is 13.7. The molecule has 3 nitrogen and oxygen atoms in total. The Balaban J connectivity index is 1.70. The number of hydrogen-bond acceptors (Lipinski definition) is 2. The summed E-state index contributed by atoms with van der Waals surface area (Å²) >= 11 is 3.23. The Kier molecular flexibility index (Phi) is 4.87. The molecule has 1 amide bonds. The Labute approximate surface area is 116 Å². The molecular formula is C14H20BrNO2. The smallest absolute Gasteiger partial charge is 0.287 e. The van der Waals surface area contributed by atoms with E-state index < -0.39 is 0 Å². The highest BCUT2D eigenvalue weighted by atomic mass is 79.9. The molecule has 0 atom stereocenters. The van der Waals surface area contributed by atoms with Gasteiger partial charge in [0.2, 0.25) is 0 Å². The average Bonchev–Trinajstić information content (AvgIpc) is 2.94. The van der Waals surface area contributed by atoms with E-state index in [-0.39, 0.29) is 5.91 Å². The molecule has 0 radical (unpaired) electrons. The summed E-state index contributed by atoms with van der Waals surface area (Å²) < 4.78 is 5.92. The van der Waals surface area contributed by atoms with Crippen LogP contribution in [0.4, 0.5) is 0 Å². The molecule has 0 spiro atoms. The molecule has 1 N–H and O–H groups in total. The van der Waals surface area contributed by atoms with Crippen molar-refractivity contribution in [2.75, 3.05) is 6.54 Å². The van der Waals surface area contributed by atoms with E-state index in [4.69, 9.17) is 4.42 Å². The first-order valence-corrected chi connectivity index (χ1v) is 7.50. The van der Waals surface area contributed by atoms with Crippen LogP contribution < -0.4 is 5.32 Å². The quantitative estimate of drug-likeness (QED) is 0.833. The van der Waals surface area contributed by atoms with Crippen molar-refractivity contribution >= 4 is 21.8 Å². The van der Waals surface area contributed by atoms with Crippen LogP contribution in [-0.4, -0.2) is 12.5 Å². The van der Waals surface area contributed by atoms with Crippen molar-refractivity contribution in [2.45, 2.75) is 45.4 Å². The lowest BCUT2D eigenvalue weighted by Gasteiger charge is -2.08. The van der Waals surface area contributed by atoms with E-state index in [0.29, 0.717) is 10.4 Å². The zero-order valence-electron chi connectivity index (χ0n) is 10.8. The number of carbonyl (C=O) groups is 1. The molecular weight excluding hydrogens is 294 g/mol. The molecule has 1 aliphatic carbocycles. The number of amides is 1. The molecule has 2 rings (SSSR count). The van der Waals surface area contributed by atoms with E-state index in [2.05, 4.69) is 21.2 Å². The number of hydrogen-bond donors (Lipinski definition) is 1. The molecule has 4 heteroatoms. The summed E-state index contributed by atoms with van der Waals surface area (Å²) in [5.41, 5.74) is 0.871. The molecule has 1 aromatic rings. The first-order valence-electron chi connectivity index (χ1n) is 6.71. The normalized spacial score (nSPS) is 16.1. The monoisotopic (exact) mass is 313 g/mol. The van der Waals surface area contributed by atoms with Crippen LogP contribution in [0, 0.1) is 12.8 Å². The first-order chi connectivity index (χ1) is 8.66. The van der Waals surface area contributed by atoms with Crippen molar-refractivity contribution in [3.63, 3.8) is 0 Å². The SMILES string of the molecule is Cc1cc(Br)oc1C(=O)NCCCC1CCCC1. The van der Waals surface area contributed by atoms with Crippen LogP contribution in [-0.2, 0) is 0 Å². The van der Waals surface area contributed by atoms with Gasteiger partial charge in [0.1, 0.15) is 0 Å². The maximum atomic E-state index is 11.8. The lowest BCUT2D eigenvalue weighted by Crippen LogP contribution is -2.24. The van der Waals surface area contributed by atoms with Crippen molar-refractivity contribution in [1.82, 2.24) is 5.32 Å². The van der Waals surface area contributed by atoms with Gasteiger partial charge in [0, 0.05) is 12.1 Å². The van der Waals surface area contributed by atoms with Crippen LogP contribution in [0.15, 0.2) is 15.2 Å². The average molecular weight is 314 g/mol. The number of carbonyl (C=O) groups excluding carboxylic acids is 1. The molecule has 0 aromatic carbocycles. The zero-order chi connectivity index (χ0) is 13.0. The molecule has 1 aliphatic rings. The Morgan fingerprint density at radius 1 is 1.50 bits per heavy atom. The second-order valence-corrected chi connectivity index (χ2v) is 5.89. The zero-order valence-corrected chi connectivity index (χ0v) is 12.4. The fourth-order valence-corrected chi connectivity index (χ4v) is 3.15. The van der Waals surface area contributed by atoms with Crippen molar-refractivity contribution < 1.29 is 9.21 Å². The van der Waals surface area contributed by atoms with Crippen LogP contribution in [0.2, 0.25) is 0 Å². The number of aryl methyl sites for hydroxylation is 1. The summed E-state index contributed by atoms with van der Waals surface area (Å²) in [4.78, 5) is 11.8. The van der Waals surface area contributed by atoms with E-state index in [0.717, 1.165) is 24.4 Å². The third-order valence-corrected chi connectivity index (χ3v) is 4.03. The van der Waals surface area contributed by atoms with Gasteiger partial charge in [-0.3, -0.25) is 4.79 Å². The molecule has 100 valence electrons. The molecule has 1 fully saturated rings. The van der Waals surface area contributed by atoms with Crippen molar-refractivity contribution in [3.8, 4) is 0 Å². The topological polar surface area (TPSA) is 42.2 Å². The van der Waals surface area contributed by atoms with Crippen molar-refractivity contribution in [2.24, 2.45) is 5.92 Å². The Hall–Kier alpha value is -0.770. The molecule has 0 bridgehead atoms. The summed E-state index contributed by atoms with van der Waals surface area (Å²) in [6.07, 6.45) is 7.82. The minimum Gasteiger partial charge on any atom is -0.444 e. The van der Waals surface area contributed by atoms with Gasteiger partial charge in [0.25, 0.3) is 5.91 Å². The third-order valence-electron chi connectivity index (χ3n) is 3.64. The highest BCUT2D eigenvalue weighted by Gasteiger charge is 2.16. The van der Waals surface area contributed by atoms with E-state index in [1.807, 2.05) is 13.0 Å².